The summed E-state index contributed by atoms with van der Waals surface area (Å²) >= 11 is 0. The van der Waals surface area contributed by atoms with Gasteiger partial charge in [0.25, 0.3) is 0 Å². The Morgan fingerprint density at radius 1 is 1.30 bits per heavy atom. The predicted octanol–water partition coefficient (Wildman–Crippen LogP) is 8.10. The highest BCUT2D eigenvalue weighted by Crippen LogP contribution is 2.57. The van der Waals surface area contributed by atoms with E-state index in [0.29, 0.717) is 5.92 Å². The van der Waals surface area contributed by atoms with Crippen LogP contribution >= 0.6 is 0 Å². The number of nitrogens with zero attached hydrogens (tertiary/aromatic N) is 1. The van der Waals surface area contributed by atoms with Crippen LogP contribution < -0.4 is 4.90 Å². The van der Waals surface area contributed by atoms with Crippen molar-refractivity contribution in [3.63, 3.8) is 0 Å². The molecule has 2 aliphatic rings. The van der Waals surface area contributed by atoms with Crippen LogP contribution in [-0.4, -0.2) is 12.6 Å². The lowest BCUT2D eigenvalue weighted by Crippen LogP contribution is -2.52. The lowest BCUT2D eigenvalue weighted by atomic mass is 9.55. The highest BCUT2D eigenvalue weighted by atomic mass is 15.2. The van der Waals surface area contributed by atoms with Crippen molar-refractivity contribution in [1.29, 1.82) is 0 Å². The Bertz CT molecular complexity index is 1030. The van der Waals surface area contributed by atoms with E-state index in [4.69, 9.17) is 6.42 Å². The molecule has 1 aromatic rings. The van der Waals surface area contributed by atoms with Gasteiger partial charge in [0, 0.05) is 30.1 Å². The fourth-order valence-corrected chi connectivity index (χ4v) is 6.34. The molecule has 0 bridgehead atoms. The Morgan fingerprint density at radius 3 is 2.73 bits per heavy atom. The van der Waals surface area contributed by atoms with Gasteiger partial charge in [0.2, 0.25) is 0 Å². The van der Waals surface area contributed by atoms with Crippen LogP contribution in [0.4, 0.5) is 5.69 Å². The van der Waals surface area contributed by atoms with E-state index < -0.39 is 0 Å². The molecule has 1 nitrogen and oxygen atoms in total. The molecule has 3 rings (SSSR count). The summed E-state index contributed by atoms with van der Waals surface area (Å²) in [5.74, 6) is 3.31. The third-order valence-corrected chi connectivity index (χ3v) is 7.91. The van der Waals surface area contributed by atoms with Crippen molar-refractivity contribution in [2.24, 2.45) is 5.92 Å². The van der Waals surface area contributed by atoms with Gasteiger partial charge in [-0.2, -0.15) is 0 Å². The molecule has 33 heavy (non-hydrogen) atoms. The SMILES string of the molecule is C#CCCc1cccc2c1N(CC=C)C(C)/C(=C\C=C/C)C2(CC)C1CC=CC(CC)=C1C. The summed E-state index contributed by atoms with van der Waals surface area (Å²) in [5.41, 5.74) is 8.74. The van der Waals surface area contributed by atoms with Crippen LogP contribution in [0.25, 0.3) is 0 Å². The summed E-state index contributed by atoms with van der Waals surface area (Å²) in [7, 11) is 0. The Labute approximate surface area is 202 Å². The maximum Gasteiger partial charge on any atom is 0.0489 e. The van der Waals surface area contributed by atoms with Crippen molar-refractivity contribution in [2.45, 2.75) is 78.2 Å². The number of terminal acetylenes is 1. The summed E-state index contributed by atoms with van der Waals surface area (Å²) < 4.78 is 0. The van der Waals surface area contributed by atoms with Crippen LogP contribution in [0.15, 0.2) is 78.0 Å². The Morgan fingerprint density at radius 2 is 2.09 bits per heavy atom. The first-order valence-corrected chi connectivity index (χ1v) is 12.6. The molecule has 3 unspecified atom stereocenters. The maximum absolute atomic E-state index is 5.68. The predicted molar refractivity (Wildman–Crippen MR) is 146 cm³/mol. The molecule has 0 fully saturated rings. The second-order valence-corrected chi connectivity index (χ2v) is 9.36. The van der Waals surface area contributed by atoms with E-state index in [9.17, 15) is 0 Å². The van der Waals surface area contributed by atoms with E-state index in [1.807, 2.05) is 6.08 Å². The van der Waals surface area contributed by atoms with Crippen LogP contribution in [0.2, 0.25) is 0 Å². The second kappa shape index (κ2) is 10.9. The molecule has 0 saturated carbocycles. The van der Waals surface area contributed by atoms with Gasteiger partial charge in [-0.05, 0) is 74.6 Å². The Hall–Kier alpha value is -2.72. The second-order valence-electron chi connectivity index (χ2n) is 9.36. The van der Waals surface area contributed by atoms with Gasteiger partial charge in [-0.15, -0.1) is 18.9 Å². The number of anilines is 1. The molecule has 174 valence electrons. The van der Waals surface area contributed by atoms with Crippen LogP contribution in [0, 0.1) is 18.3 Å². The molecular formula is C32H41N. The number of para-hydroxylation sites is 1. The first kappa shape index (κ1) is 24.9. The topological polar surface area (TPSA) is 3.24 Å². The Balaban J connectivity index is 2.40. The number of hydrogen-bond acceptors (Lipinski definition) is 1. The molecule has 0 N–H and O–H groups in total. The number of aryl methyl sites for hydroxylation is 1. The first-order chi connectivity index (χ1) is 16.0. The van der Waals surface area contributed by atoms with Crippen LogP contribution in [-0.2, 0) is 11.8 Å². The van der Waals surface area contributed by atoms with E-state index in [1.54, 1.807) is 5.57 Å². The standard InChI is InChI=1S/C32H41N/c1-8-13-17-27-19-16-22-30-31(27)33(23-10-3)25(7)29(20-14-9-2)32(30,12-5)28-21-15-18-26(11-4)24(28)6/h1,9-10,14-16,18-20,22,25,28H,3,11-13,17,21,23H2,2,4-7H3/b14-9-,29-20+. The summed E-state index contributed by atoms with van der Waals surface area (Å²) in [6, 6.07) is 7.20. The van der Waals surface area contributed by atoms with Crippen LogP contribution in [0.1, 0.15) is 71.4 Å². The molecule has 1 aliphatic carbocycles. The normalized spacial score (nSPS) is 26.1. The zero-order valence-electron chi connectivity index (χ0n) is 21.3. The average molecular weight is 440 g/mol. The Kier molecular flexibility index (Phi) is 8.25. The lowest BCUT2D eigenvalue weighted by Gasteiger charge is -2.54. The molecule has 1 heterocycles. The monoisotopic (exact) mass is 439 g/mol. The summed E-state index contributed by atoms with van der Waals surface area (Å²) in [5, 5.41) is 0. The van der Waals surface area contributed by atoms with Crippen molar-refractivity contribution in [1.82, 2.24) is 0 Å². The number of rotatable bonds is 8. The highest BCUT2D eigenvalue weighted by molar-refractivity contribution is 5.71. The summed E-state index contributed by atoms with van der Waals surface area (Å²) in [4.78, 5) is 2.55. The van der Waals surface area contributed by atoms with Gasteiger partial charge in [-0.3, -0.25) is 0 Å². The van der Waals surface area contributed by atoms with E-state index in [1.165, 1.54) is 28.0 Å². The molecule has 3 atom stereocenters. The van der Waals surface area contributed by atoms with E-state index in [2.05, 4.69) is 101 Å². The van der Waals surface area contributed by atoms with Crippen molar-refractivity contribution in [3.8, 4) is 12.3 Å². The van der Waals surface area contributed by atoms with Crippen molar-refractivity contribution in [3.05, 3.63) is 89.1 Å². The number of hydrogen-bond donors (Lipinski definition) is 0. The fourth-order valence-electron chi connectivity index (χ4n) is 6.34. The van der Waals surface area contributed by atoms with E-state index in [0.717, 1.165) is 38.6 Å². The van der Waals surface area contributed by atoms with Crippen molar-refractivity contribution < 1.29 is 0 Å². The largest absolute Gasteiger partial charge is 0.361 e. The van der Waals surface area contributed by atoms with Crippen LogP contribution in [0.3, 0.4) is 0 Å². The van der Waals surface area contributed by atoms with Crippen LogP contribution in [0.5, 0.6) is 0 Å². The molecule has 0 radical (unpaired) electrons. The molecule has 1 aliphatic heterocycles. The quantitative estimate of drug-likeness (QED) is 0.292. The van der Waals surface area contributed by atoms with Gasteiger partial charge < -0.3 is 4.90 Å². The van der Waals surface area contributed by atoms with Gasteiger partial charge in [0.05, 0.1) is 0 Å². The number of allylic oxidation sites excluding steroid dienone is 7. The molecule has 0 aromatic heterocycles. The summed E-state index contributed by atoms with van der Waals surface area (Å²) in [6.45, 7) is 16.4. The highest BCUT2D eigenvalue weighted by Gasteiger charge is 2.50. The minimum atomic E-state index is -0.0483. The van der Waals surface area contributed by atoms with Gasteiger partial charge in [-0.1, -0.05) is 74.1 Å². The first-order valence-electron chi connectivity index (χ1n) is 12.6. The zero-order valence-corrected chi connectivity index (χ0v) is 21.3. The average Bonchev–Trinajstić information content (AvgIpc) is 2.83. The smallest absolute Gasteiger partial charge is 0.0489 e. The third kappa shape index (κ3) is 4.29. The van der Waals surface area contributed by atoms with Gasteiger partial charge >= 0.3 is 0 Å². The molecular weight excluding hydrogens is 398 g/mol. The van der Waals surface area contributed by atoms with Crippen molar-refractivity contribution >= 4 is 5.69 Å². The number of benzene rings is 1. The molecule has 0 spiro atoms. The van der Waals surface area contributed by atoms with Gasteiger partial charge in [0.1, 0.15) is 0 Å². The number of fused-ring (bicyclic) bond motifs is 1. The van der Waals surface area contributed by atoms with Crippen molar-refractivity contribution in [2.75, 3.05) is 11.4 Å². The lowest BCUT2D eigenvalue weighted by molar-refractivity contribution is 0.315. The van der Waals surface area contributed by atoms with Gasteiger partial charge in [-0.25, -0.2) is 0 Å². The molecule has 1 heteroatoms. The molecule has 0 amide bonds. The minimum Gasteiger partial charge on any atom is -0.361 e. The molecule has 1 aromatic carbocycles. The summed E-state index contributed by atoms with van der Waals surface area (Å²) in [6.07, 6.45) is 24.2. The zero-order chi connectivity index (χ0) is 24.0. The van der Waals surface area contributed by atoms with E-state index in [-0.39, 0.29) is 11.5 Å². The van der Waals surface area contributed by atoms with Gasteiger partial charge in [0.15, 0.2) is 0 Å². The maximum atomic E-state index is 5.68. The van der Waals surface area contributed by atoms with E-state index >= 15 is 0 Å². The molecule has 0 saturated heterocycles. The fraction of sp³-hybridized carbons (Fsp3) is 0.438. The third-order valence-electron chi connectivity index (χ3n) is 7.91. The minimum absolute atomic E-state index is 0.0483.